The first-order valence-electron chi connectivity index (χ1n) is 9.58. The monoisotopic (exact) mass is 285 g/mol. The van der Waals surface area contributed by atoms with E-state index in [1.807, 2.05) is 0 Å². The maximum absolute atomic E-state index is 2.86. The molecule has 6 rings (SSSR count). The van der Waals surface area contributed by atoms with Gasteiger partial charge in [0.1, 0.15) is 7.28 Å². The van der Waals surface area contributed by atoms with E-state index in [2.05, 4.69) is 48.8 Å². The lowest BCUT2D eigenvalue weighted by atomic mass is 9.31. The third-order valence-corrected chi connectivity index (χ3v) is 9.32. The Morgan fingerprint density at radius 3 is 1.33 bits per heavy atom. The van der Waals surface area contributed by atoms with Gasteiger partial charge < -0.3 is 0 Å². The summed E-state index contributed by atoms with van der Waals surface area (Å²) < 4.78 is 0. The lowest BCUT2D eigenvalue weighted by molar-refractivity contribution is -0.106. The van der Waals surface area contributed by atoms with E-state index in [1.165, 1.54) is 25.7 Å². The third kappa shape index (κ3) is 1.81. The smallest absolute Gasteiger partial charge is 0.0655 e. The Morgan fingerprint density at radius 2 is 1.05 bits per heavy atom. The SMILES string of the molecule is C[C@@H]1C2CC(C[C@H]1[B][C@@H]1CC3CC([C@H]1C)C3(C)C)C2(C)C. The lowest BCUT2D eigenvalue weighted by Gasteiger charge is -2.65. The van der Waals surface area contributed by atoms with Crippen LogP contribution in [0.2, 0.25) is 11.6 Å². The molecular weight excluding hydrogens is 251 g/mol. The van der Waals surface area contributed by atoms with Gasteiger partial charge in [-0.1, -0.05) is 66.0 Å². The Bertz CT molecular complexity index is 397. The lowest BCUT2D eigenvalue weighted by Crippen LogP contribution is -2.57. The normalized spacial score (nSPS) is 56.1. The van der Waals surface area contributed by atoms with Gasteiger partial charge in [0.15, 0.2) is 0 Å². The molecule has 1 heteroatoms. The molecule has 0 aromatic rings. The topological polar surface area (TPSA) is 0 Å². The number of fused-ring (bicyclic) bond motifs is 4. The molecule has 4 unspecified atom stereocenters. The van der Waals surface area contributed by atoms with E-state index in [1.54, 1.807) is 0 Å². The zero-order valence-electron chi connectivity index (χ0n) is 15.0. The van der Waals surface area contributed by atoms with Crippen molar-refractivity contribution in [1.29, 1.82) is 0 Å². The van der Waals surface area contributed by atoms with Crippen molar-refractivity contribution >= 4 is 7.28 Å². The van der Waals surface area contributed by atoms with Gasteiger partial charge in [0, 0.05) is 0 Å². The Hall–Kier alpha value is 0.0649. The molecule has 6 saturated carbocycles. The largest absolute Gasteiger partial charge is 0.118 e. The maximum atomic E-state index is 2.86. The molecule has 0 aromatic carbocycles. The van der Waals surface area contributed by atoms with E-state index >= 15 is 0 Å². The Kier molecular flexibility index (Phi) is 3.02. The van der Waals surface area contributed by atoms with Gasteiger partial charge in [-0.05, 0) is 59.2 Å². The van der Waals surface area contributed by atoms with Crippen molar-refractivity contribution in [3.8, 4) is 0 Å². The highest BCUT2D eigenvalue weighted by Gasteiger charge is 2.59. The van der Waals surface area contributed by atoms with Gasteiger partial charge in [-0.15, -0.1) is 0 Å². The summed E-state index contributed by atoms with van der Waals surface area (Å²) >= 11 is 0. The van der Waals surface area contributed by atoms with Crippen LogP contribution in [0.4, 0.5) is 0 Å². The first-order valence-corrected chi connectivity index (χ1v) is 9.58. The molecule has 6 aliphatic rings. The summed E-state index contributed by atoms with van der Waals surface area (Å²) in [4.78, 5) is 0. The number of hydrogen-bond donors (Lipinski definition) is 0. The summed E-state index contributed by atoms with van der Waals surface area (Å²) in [5, 5.41) is 0. The van der Waals surface area contributed by atoms with Crippen LogP contribution in [0.3, 0.4) is 0 Å². The molecule has 6 aliphatic carbocycles. The minimum absolute atomic E-state index is 0.645. The summed E-state index contributed by atoms with van der Waals surface area (Å²) in [6.45, 7) is 15.2. The Balaban J connectivity index is 1.42. The number of rotatable bonds is 2. The molecule has 21 heavy (non-hydrogen) atoms. The van der Waals surface area contributed by atoms with Crippen LogP contribution in [0.5, 0.6) is 0 Å². The molecule has 4 bridgehead atoms. The second-order valence-corrected chi connectivity index (χ2v) is 10.4. The van der Waals surface area contributed by atoms with Gasteiger partial charge in [-0.2, -0.15) is 0 Å². The highest BCUT2D eigenvalue weighted by atomic mass is 14.6. The predicted molar refractivity (Wildman–Crippen MR) is 91.6 cm³/mol. The fourth-order valence-corrected chi connectivity index (χ4v) is 7.21. The molecule has 0 nitrogen and oxygen atoms in total. The van der Waals surface area contributed by atoms with Gasteiger partial charge in [-0.3, -0.25) is 0 Å². The first kappa shape index (κ1) is 14.6. The summed E-state index contributed by atoms with van der Waals surface area (Å²) in [6, 6.07) is 0. The highest BCUT2D eigenvalue weighted by molar-refractivity contribution is 6.40. The van der Waals surface area contributed by atoms with Crippen LogP contribution in [0.1, 0.15) is 67.2 Å². The van der Waals surface area contributed by atoms with Gasteiger partial charge in [0.2, 0.25) is 0 Å². The molecule has 8 atom stereocenters. The van der Waals surface area contributed by atoms with Gasteiger partial charge in [0.25, 0.3) is 0 Å². The van der Waals surface area contributed by atoms with Crippen molar-refractivity contribution < 1.29 is 0 Å². The summed E-state index contributed by atoms with van der Waals surface area (Å²) in [5.41, 5.74) is 1.29. The standard InChI is InChI=1S/C20H34B/c1-11-15-7-13(19(15,3)4)9-17(11)21-18-10-14-8-16(12(18)2)20(14,5)6/h11-18H,7-10H2,1-6H3/t11-,12-,13?,14?,15?,16?,17-,18-/m1/s1. The van der Waals surface area contributed by atoms with E-state index in [9.17, 15) is 0 Å². The van der Waals surface area contributed by atoms with Crippen LogP contribution in [-0.4, -0.2) is 7.28 Å². The summed E-state index contributed by atoms with van der Waals surface area (Å²) in [6.07, 6.45) is 6.03. The molecule has 0 aliphatic heterocycles. The second kappa shape index (κ2) is 4.32. The van der Waals surface area contributed by atoms with Crippen LogP contribution in [-0.2, 0) is 0 Å². The predicted octanol–water partition coefficient (Wildman–Crippen LogP) is 5.67. The highest BCUT2D eigenvalue weighted by Crippen LogP contribution is 2.68. The molecule has 0 amide bonds. The van der Waals surface area contributed by atoms with E-state index in [0.29, 0.717) is 10.8 Å². The van der Waals surface area contributed by atoms with E-state index in [-0.39, 0.29) is 0 Å². The van der Waals surface area contributed by atoms with Crippen LogP contribution in [0, 0.1) is 46.3 Å². The molecule has 0 aromatic heterocycles. The average molecular weight is 285 g/mol. The zero-order chi connectivity index (χ0) is 15.2. The molecule has 0 saturated heterocycles. The van der Waals surface area contributed by atoms with Crippen LogP contribution < -0.4 is 0 Å². The number of hydrogen-bond acceptors (Lipinski definition) is 0. The maximum Gasteiger partial charge on any atom is 0.118 e. The molecule has 117 valence electrons. The Labute approximate surface area is 133 Å². The molecule has 0 heterocycles. The van der Waals surface area contributed by atoms with Crippen molar-refractivity contribution in [2.45, 2.75) is 78.9 Å². The van der Waals surface area contributed by atoms with Crippen LogP contribution >= 0.6 is 0 Å². The third-order valence-electron chi connectivity index (χ3n) is 9.32. The second-order valence-electron chi connectivity index (χ2n) is 10.4. The van der Waals surface area contributed by atoms with Gasteiger partial charge in [0.05, 0.1) is 0 Å². The van der Waals surface area contributed by atoms with E-state index in [0.717, 1.165) is 47.1 Å². The van der Waals surface area contributed by atoms with E-state index < -0.39 is 0 Å². The minimum atomic E-state index is 0.645. The molecule has 6 fully saturated rings. The van der Waals surface area contributed by atoms with Crippen molar-refractivity contribution in [2.75, 3.05) is 0 Å². The quantitative estimate of drug-likeness (QED) is 0.573. The van der Waals surface area contributed by atoms with E-state index in [4.69, 9.17) is 0 Å². The first-order chi connectivity index (χ1) is 9.73. The fraction of sp³-hybridized carbons (Fsp3) is 1.00. The van der Waals surface area contributed by atoms with Gasteiger partial charge in [-0.25, -0.2) is 0 Å². The van der Waals surface area contributed by atoms with Crippen LogP contribution in [0.15, 0.2) is 0 Å². The van der Waals surface area contributed by atoms with Gasteiger partial charge >= 0.3 is 0 Å². The molecule has 0 N–H and O–H groups in total. The molecule has 1 radical (unpaired) electrons. The van der Waals surface area contributed by atoms with Crippen molar-refractivity contribution in [2.24, 2.45) is 46.3 Å². The fourth-order valence-electron chi connectivity index (χ4n) is 7.21. The van der Waals surface area contributed by atoms with Crippen molar-refractivity contribution in [1.82, 2.24) is 0 Å². The molecular formula is C20H34B. The van der Waals surface area contributed by atoms with Crippen molar-refractivity contribution in [3.63, 3.8) is 0 Å². The minimum Gasteiger partial charge on any atom is -0.0655 e. The summed E-state index contributed by atoms with van der Waals surface area (Å²) in [5.74, 6) is 7.76. The zero-order valence-corrected chi connectivity index (χ0v) is 15.0. The van der Waals surface area contributed by atoms with Crippen LogP contribution in [0.25, 0.3) is 0 Å². The Morgan fingerprint density at radius 1 is 0.667 bits per heavy atom. The van der Waals surface area contributed by atoms with Crippen molar-refractivity contribution in [3.05, 3.63) is 0 Å². The average Bonchev–Trinajstić information content (AvgIpc) is 2.41. The summed E-state index contributed by atoms with van der Waals surface area (Å²) in [7, 11) is 2.86. The molecule has 0 spiro atoms.